The molecule has 1 saturated heterocycles. The number of anilines is 2. The number of nitrogens with one attached hydrogen (secondary N) is 2. The maximum Gasteiger partial charge on any atom is 0.313 e. The molecule has 0 spiro atoms. The van der Waals surface area contributed by atoms with Crippen molar-refractivity contribution in [2.75, 3.05) is 50.0 Å². The van der Waals surface area contributed by atoms with E-state index < -0.39 is 17.6 Å². The number of aryl methyl sites for hydroxylation is 1. The van der Waals surface area contributed by atoms with Gasteiger partial charge in [0.1, 0.15) is 5.82 Å². The van der Waals surface area contributed by atoms with Gasteiger partial charge >= 0.3 is 11.8 Å². The van der Waals surface area contributed by atoms with Gasteiger partial charge in [-0.1, -0.05) is 23.7 Å². The molecule has 0 bridgehead atoms. The molecule has 2 amide bonds. The molecule has 1 aliphatic rings. The van der Waals surface area contributed by atoms with Crippen molar-refractivity contribution in [3.63, 3.8) is 0 Å². The zero-order chi connectivity index (χ0) is 21.5. The van der Waals surface area contributed by atoms with Gasteiger partial charge in [-0.3, -0.25) is 9.59 Å². The summed E-state index contributed by atoms with van der Waals surface area (Å²) in [6, 6.07) is 12.2. The Bertz CT molecular complexity index is 883. The van der Waals surface area contributed by atoms with Crippen LogP contribution in [0.2, 0.25) is 5.02 Å². The van der Waals surface area contributed by atoms with E-state index in [0.29, 0.717) is 6.54 Å². The third kappa shape index (κ3) is 6.18. The van der Waals surface area contributed by atoms with E-state index in [1.807, 2.05) is 0 Å². The van der Waals surface area contributed by atoms with Crippen LogP contribution < -0.4 is 15.5 Å². The number of amides is 2. The van der Waals surface area contributed by atoms with Crippen LogP contribution in [-0.2, 0) is 16.0 Å². The Hall–Kier alpha value is -2.64. The molecule has 0 radical (unpaired) electrons. The molecule has 2 N–H and O–H groups in total. The lowest BCUT2D eigenvalue weighted by molar-refractivity contribution is -0.136. The van der Waals surface area contributed by atoms with Crippen molar-refractivity contribution in [1.82, 2.24) is 10.2 Å². The Balaban J connectivity index is 1.38. The van der Waals surface area contributed by atoms with Crippen LogP contribution >= 0.6 is 11.6 Å². The normalized spacial score (nSPS) is 14.4. The van der Waals surface area contributed by atoms with E-state index in [1.54, 1.807) is 0 Å². The maximum atomic E-state index is 13.1. The van der Waals surface area contributed by atoms with Crippen LogP contribution in [0.5, 0.6) is 0 Å². The number of benzene rings is 2. The summed E-state index contributed by atoms with van der Waals surface area (Å²) in [6.07, 6.45) is 1.52. The van der Waals surface area contributed by atoms with E-state index in [2.05, 4.69) is 51.7 Å². The Morgan fingerprint density at radius 1 is 1.03 bits per heavy atom. The number of hydrogen-bond donors (Lipinski definition) is 2. The van der Waals surface area contributed by atoms with Crippen molar-refractivity contribution in [1.29, 1.82) is 0 Å². The minimum atomic E-state index is -0.811. The van der Waals surface area contributed by atoms with Crippen LogP contribution in [0, 0.1) is 5.82 Å². The van der Waals surface area contributed by atoms with Gasteiger partial charge in [0.05, 0.1) is 5.02 Å². The molecule has 0 aromatic heterocycles. The van der Waals surface area contributed by atoms with Gasteiger partial charge in [0.25, 0.3) is 0 Å². The predicted octanol–water partition coefficient (Wildman–Crippen LogP) is 2.92. The highest BCUT2D eigenvalue weighted by atomic mass is 35.5. The molecule has 6 nitrogen and oxygen atoms in total. The first-order valence-electron chi connectivity index (χ1n) is 9.99. The van der Waals surface area contributed by atoms with E-state index in [-0.39, 0.29) is 10.7 Å². The Morgan fingerprint density at radius 2 is 1.73 bits per heavy atom. The van der Waals surface area contributed by atoms with Crippen LogP contribution in [-0.4, -0.2) is 56.5 Å². The minimum absolute atomic E-state index is 0.119. The Morgan fingerprint density at radius 3 is 2.40 bits per heavy atom. The molecule has 2 aromatic rings. The fourth-order valence-corrected chi connectivity index (χ4v) is 3.46. The molecule has 2 aromatic carbocycles. The molecular formula is C22H26ClFN4O2. The molecule has 30 heavy (non-hydrogen) atoms. The highest BCUT2D eigenvalue weighted by molar-refractivity contribution is 6.39. The quantitative estimate of drug-likeness (QED) is 0.544. The van der Waals surface area contributed by atoms with Crippen LogP contribution in [0.1, 0.15) is 12.0 Å². The van der Waals surface area contributed by atoms with Gasteiger partial charge in [-0.25, -0.2) is 4.39 Å². The molecule has 0 aliphatic carbocycles. The first kappa shape index (κ1) is 22.1. The van der Waals surface area contributed by atoms with Gasteiger partial charge in [-0.15, -0.1) is 0 Å². The number of carbonyl (C=O) groups excluding carboxylic acids is 2. The predicted molar refractivity (Wildman–Crippen MR) is 118 cm³/mol. The van der Waals surface area contributed by atoms with Gasteiger partial charge in [0.15, 0.2) is 0 Å². The van der Waals surface area contributed by atoms with Gasteiger partial charge in [-0.05, 0) is 55.8 Å². The summed E-state index contributed by atoms with van der Waals surface area (Å²) in [7, 11) is 2.14. The summed E-state index contributed by atoms with van der Waals surface area (Å²) in [5.74, 6) is -2.13. The number of nitrogens with zero attached hydrogens (tertiary/aromatic N) is 2. The zero-order valence-corrected chi connectivity index (χ0v) is 17.7. The number of carbonyl (C=O) groups is 2. The highest BCUT2D eigenvalue weighted by Crippen LogP contribution is 2.19. The molecule has 0 unspecified atom stereocenters. The van der Waals surface area contributed by atoms with Gasteiger partial charge in [-0.2, -0.15) is 0 Å². The first-order valence-corrected chi connectivity index (χ1v) is 10.4. The molecule has 1 heterocycles. The third-order valence-corrected chi connectivity index (χ3v) is 5.41. The van der Waals surface area contributed by atoms with Gasteiger partial charge < -0.3 is 20.4 Å². The summed E-state index contributed by atoms with van der Waals surface area (Å²) in [6.45, 7) is 4.60. The Labute approximate surface area is 181 Å². The minimum Gasteiger partial charge on any atom is -0.369 e. The average molecular weight is 433 g/mol. The largest absolute Gasteiger partial charge is 0.369 e. The van der Waals surface area contributed by atoms with Crippen LogP contribution in [0.3, 0.4) is 0 Å². The first-order chi connectivity index (χ1) is 14.4. The number of halogens is 2. The number of piperazine rings is 1. The zero-order valence-electron chi connectivity index (χ0n) is 17.0. The van der Waals surface area contributed by atoms with Crippen molar-refractivity contribution < 1.29 is 14.0 Å². The van der Waals surface area contributed by atoms with E-state index >= 15 is 0 Å². The fraction of sp³-hybridized carbons (Fsp3) is 0.364. The lowest BCUT2D eigenvalue weighted by Gasteiger charge is -2.34. The van der Waals surface area contributed by atoms with E-state index in [1.165, 1.54) is 23.4 Å². The second-order valence-corrected chi connectivity index (χ2v) is 7.81. The van der Waals surface area contributed by atoms with Crippen molar-refractivity contribution in [3.05, 3.63) is 58.9 Å². The molecular weight excluding hydrogens is 407 g/mol. The lowest BCUT2D eigenvalue weighted by atomic mass is 10.1. The monoisotopic (exact) mass is 432 g/mol. The van der Waals surface area contributed by atoms with E-state index in [0.717, 1.165) is 45.1 Å². The van der Waals surface area contributed by atoms with Crippen LogP contribution in [0.15, 0.2) is 42.5 Å². The van der Waals surface area contributed by atoms with Crippen LogP contribution in [0.4, 0.5) is 15.8 Å². The molecule has 3 rings (SSSR count). The topological polar surface area (TPSA) is 64.7 Å². The molecule has 0 atom stereocenters. The molecule has 160 valence electrons. The van der Waals surface area contributed by atoms with E-state index in [9.17, 15) is 14.0 Å². The summed E-state index contributed by atoms with van der Waals surface area (Å²) in [5.41, 5.74) is 2.69. The van der Waals surface area contributed by atoms with Crippen molar-refractivity contribution >= 4 is 34.8 Å². The van der Waals surface area contributed by atoms with E-state index in [4.69, 9.17) is 11.6 Å². The van der Waals surface area contributed by atoms with Gasteiger partial charge in [0, 0.05) is 44.1 Å². The van der Waals surface area contributed by atoms with Crippen molar-refractivity contribution in [3.8, 4) is 0 Å². The second-order valence-electron chi connectivity index (χ2n) is 7.40. The highest BCUT2D eigenvalue weighted by Gasteiger charge is 2.15. The van der Waals surface area contributed by atoms with Crippen LogP contribution in [0.25, 0.3) is 0 Å². The Kier molecular flexibility index (Phi) is 7.65. The number of likely N-dealkylation sites (N-methyl/N-ethyl adjacent to an activating group) is 1. The lowest BCUT2D eigenvalue weighted by Crippen LogP contribution is -2.44. The SMILES string of the molecule is CN1CCN(c2ccc(CCCNC(=O)C(=O)Nc3ccc(F)c(Cl)c3)cc2)CC1. The average Bonchev–Trinajstić information content (AvgIpc) is 2.74. The molecule has 8 heteroatoms. The number of rotatable bonds is 6. The fourth-order valence-electron chi connectivity index (χ4n) is 3.27. The van der Waals surface area contributed by atoms with Crippen molar-refractivity contribution in [2.45, 2.75) is 12.8 Å². The summed E-state index contributed by atoms with van der Waals surface area (Å²) in [5, 5.41) is 4.88. The second kappa shape index (κ2) is 10.4. The summed E-state index contributed by atoms with van der Waals surface area (Å²) >= 11 is 5.67. The summed E-state index contributed by atoms with van der Waals surface area (Å²) < 4.78 is 13.1. The van der Waals surface area contributed by atoms with Crippen molar-refractivity contribution in [2.24, 2.45) is 0 Å². The maximum absolute atomic E-state index is 13.1. The summed E-state index contributed by atoms with van der Waals surface area (Å²) in [4.78, 5) is 28.5. The number of hydrogen-bond acceptors (Lipinski definition) is 4. The molecule has 1 aliphatic heterocycles. The standard InChI is InChI=1S/C22H26ClFN4O2/c1-27-11-13-28(14-12-27)18-7-4-16(5-8-18)3-2-10-25-21(29)22(30)26-17-6-9-20(24)19(23)15-17/h4-9,15H,2-3,10-14H2,1H3,(H,25,29)(H,26,30). The smallest absolute Gasteiger partial charge is 0.313 e. The molecule has 1 fully saturated rings. The third-order valence-electron chi connectivity index (χ3n) is 5.12. The van der Waals surface area contributed by atoms with Gasteiger partial charge in [0.2, 0.25) is 0 Å². The molecule has 0 saturated carbocycles.